The molecule has 0 aromatic heterocycles. The number of carbonyl (C=O) groups excluding carboxylic acids is 1. The van der Waals surface area contributed by atoms with Crippen LogP contribution in [0.3, 0.4) is 0 Å². The Morgan fingerprint density at radius 3 is 2.44 bits per heavy atom. The monoisotopic (exact) mass is 245 g/mol. The van der Waals surface area contributed by atoms with Crippen molar-refractivity contribution in [1.29, 1.82) is 0 Å². The van der Waals surface area contributed by atoms with E-state index in [1.807, 2.05) is 19.1 Å². The Labute approximate surface area is 110 Å². The third kappa shape index (κ3) is 2.43. The standard InChI is InChI=1S/C16H23NO/c1-4-14-9-6-12(3)17(14)15-10-7-13(8-11-15)16(18)5-2/h7-8,10-12,14H,4-6,9H2,1-3H3. The van der Waals surface area contributed by atoms with E-state index in [1.54, 1.807) is 0 Å². The first-order valence-corrected chi connectivity index (χ1v) is 7.09. The minimum Gasteiger partial charge on any atom is -0.366 e. The van der Waals surface area contributed by atoms with Crippen molar-refractivity contribution in [2.75, 3.05) is 4.90 Å². The topological polar surface area (TPSA) is 20.3 Å². The average molecular weight is 245 g/mol. The van der Waals surface area contributed by atoms with Gasteiger partial charge >= 0.3 is 0 Å². The number of ketones is 1. The summed E-state index contributed by atoms with van der Waals surface area (Å²) in [5.74, 6) is 0.225. The van der Waals surface area contributed by atoms with Gasteiger partial charge in [-0.3, -0.25) is 4.79 Å². The lowest BCUT2D eigenvalue weighted by atomic mass is 10.1. The molecule has 0 N–H and O–H groups in total. The van der Waals surface area contributed by atoms with Crippen LogP contribution >= 0.6 is 0 Å². The van der Waals surface area contributed by atoms with Crippen molar-refractivity contribution in [2.45, 2.75) is 58.5 Å². The number of benzene rings is 1. The SMILES string of the molecule is CCC(=O)c1ccc(N2C(C)CCC2CC)cc1. The Bertz CT molecular complexity index is 410. The molecule has 1 heterocycles. The van der Waals surface area contributed by atoms with Crippen molar-refractivity contribution in [3.05, 3.63) is 29.8 Å². The molecular formula is C16H23NO. The fourth-order valence-corrected chi connectivity index (χ4v) is 2.96. The van der Waals surface area contributed by atoms with Crippen LogP contribution in [-0.2, 0) is 0 Å². The number of hydrogen-bond acceptors (Lipinski definition) is 2. The molecule has 2 heteroatoms. The highest BCUT2D eigenvalue weighted by atomic mass is 16.1. The van der Waals surface area contributed by atoms with Crippen LogP contribution in [0.1, 0.15) is 56.8 Å². The highest BCUT2D eigenvalue weighted by Gasteiger charge is 2.29. The zero-order valence-corrected chi connectivity index (χ0v) is 11.6. The molecule has 2 nitrogen and oxygen atoms in total. The maximum Gasteiger partial charge on any atom is 0.162 e. The van der Waals surface area contributed by atoms with Crippen LogP contribution in [-0.4, -0.2) is 17.9 Å². The Morgan fingerprint density at radius 2 is 1.89 bits per heavy atom. The highest BCUT2D eigenvalue weighted by Crippen LogP contribution is 2.32. The molecule has 2 unspecified atom stereocenters. The molecule has 2 rings (SSSR count). The number of hydrogen-bond donors (Lipinski definition) is 0. The second kappa shape index (κ2) is 5.55. The van der Waals surface area contributed by atoms with E-state index in [9.17, 15) is 4.79 Å². The van der Waals surface area contributed by atoms with Gasteiger partial charge in [-0.25, -0.2) is 0 Å². The molecule has 1 aliphatic heterocycles. The summed E-state index contributed by atoms with van der Waals surface area (Å²) < 4.78 is 0. The summed E-state index contributed by atoms with van der Waals surface area (Å²) in [7, 11) is 0. The molecule has 98 valence electrons. The molecule has 0 spiro atoms. The van der Waals surface area contributed by atoms with Gasteiger partial charge in [0, 0.05) is 29.8 Å². The fourth-order valence-electron chi connectivity index (χ4n) is 2.96. The summed E-state index contributed by atoms with van der Waals surface area (Å²) in [6.45, 7) is 6.46. The van der Waals surface area contributed by atoms with Gasteiger partial charge in [-0.1, -0.05) is 13.8 Å². The second-order valence-electron chi connectivity index (χ2n) is 5.22. The molecule has 1 aromatic rings. The van der Waals surface area contributed by atoms with Crippen molar-refractivity contribution >= 4 is 11.5 Å². The van der Waals surface area contributed by atoms with E-state index >= 15 is 0 Å². The minimum atomic E-state index is 0.225. The molecule has 2 atom stereocenters. The quantitative estimate of drug-likeness (QED) is 0.746. The highest BCUT2D eigenvalue weighted by molar-refractivity contribution is 5.96. The van der Waals surface area contributed by atoms with Crippen molar-refractivity contribution in [2.24, 2.45) is 0 Å². The molecule has 0 aliphatic carbocycles. The van der Waals surface area contributed by atoms with Gasteiger partial charge in [-0.15, -0.1) is 0 Å². The Balaban J connectivity index is 2.20. The van der Waals surface area contributed by atoms with Crippen molar-refractivity contribution < 1.29 is 4.79 Å². The number of rotatable bonds is 4. The predicted molar refractivity (Wildman–Crippen MR) is 76.3 cm³/mol. The second-order valence-corrected chi connectivity index (χ2v) is 5.22. The lowest BCUT2D eigenvalue weighted by Crippen LogP contribution is -2.33. The van der Waals surface area contributed by atoms with Crippen molar-refractivity contribution in [3.63, 3.8) is 0 Å². The van der Waals surface area contributed by atoms with Gasteiger partial charge in [-0.2, -0.15) is 0 Å². The fraction of sp³-hybridized carbons (Fsp3) is 0.562. The van der Waals surface area contributed by atoms with Crippen LogP contribution in [0.2, 0.25) is 0 Å². The summed E-state index contributed by atoms with van der Waals surface area (Å²) >= 11 is 0. The normalized spacial score (nSPS) is 23.4. The molecule has 1 aliphatic rings. The molecule has 0 amide bonds. The average Bonchev–Trinajstić information content (AvgIpc) is 2.79. The van der Waals surface area contributed by atoms with E-state index in [-0.39, 0.29) is 5.78 Å². The maximum absolute atomic E-state index is 11.6. The Morgan fingerprint density at radius 1 is 1.22 bits per heavy atom. The first-order chi connectivity index (χ1) is 8.67. The predicted octanol–water partition coefficient (Wildman–Crippen LogP) is 4.05. The number of carbonyl (C=O) groups is 1. The van der Waals surface area contributed by atoms with Crippen LogP contribution in [0.25, 0.3) is 0 Å². The van der Waals surface area contributed by atoms with Gasteiger partial charge in [0.2, 0.25) is 0 Å². The van der Waals surface area contributed by atoms with E-state index in [1.165, 1.54) is 24.9 Å². The molecule has 0 saturated carbocycles. The zero-order valence-electron chi connectivity index (χ0n) is 11.6. The van der Waals surface area contributed by atoms with E-state index in [4.69, 9.17) is 0 Å². The number of Topliss-reactive ketones (excluding diaryl/α,β-unsaturated/α-hetero) is 1. The van der Waals surface area contributed by atoms with E-state index < -0.39 is 0 Å². The first kappa shape index (κ1) is 13.1. The van der Waals surface area contributed by atoms with Gasteiger partial charge in [0.05, 0.1) is 0 Å². The Kier molecular flexibility index (Phi) is 4.05. The zero-order chi connectivity index (χ0) is 13.1. The molecule has 18 heavy (non-hydrogen) atoms. The number of nitrogens with zero attached hydrogens (tertiary/aromatic N) is 1. The van der Waals surface area contributed by atoms with Crippen LogP contribution in [0, 0.1) is 0 Å². The number of anilines is 1. The summed E-state index contributed by atoms with van der Waals surface area (Å²) in [4.78, 5) is 14.1. The molecule has 1 aromatic carbocycles. The van der Waals surface area contributed by atoms with Gasteiger partial charge in [-0.05, 0) is 50.5 Å². The van der Waals surface area contributed by atoms with Gasteiger partial charge in [0.15, 0.2) is 5.78 Å². The smallest absolute Gasteiger partial charge is 0.162 e. The van der Waals surface area contributed by atoms with E-state index in [0.29, 0.717) is 18.5 Å². The molecular weight excluding hydrogens is 222 g/mol. The Hall–Kier alpha value is -1.31. The van der Waals surface area contributed by atoms with E-state index in [2.05, 4.69) is 30.9 Å². The van der Waals surface area contributed by atoms with Crippen LogP contribution in [0.5, 0.6) is 0 Å². The summed E-state index contributed by atoms with van der Waals surface area (Å²) in [6.07, 6.45) is 4.33. The van der Waals surface area contributed by atoms with Crippen LogP contribution < -0.4 is 4.90 Å². The largest absolute Gasteiger partial charge is 0.366 e. The molecule has 0 bridgehead atoms. The molecule has 1 fully saturated rings. The van der Waals surface area contributed by atoms with E-state index in [0.717, 1.165) is 5.56 Å². The lowest BCUT2D eigenvalue weighted by Gasteiger charge is -2.30. The van der Waals surface area contributed by atoms with Gasteiger partial charge in [0.25, 0.3) is 0 Å². The van der Waals surface area contributed by atoms with Crippen LogP contribution in [0.4, 0.5) is 5.69 Å². The molecule has 1 saturated heterocycles. The van der Waals surface area contributed by atoms with Gasteiger partial charge in [0.1, 0.15) is 0 Å². The first-order valence-electron chi connectivity index (χ1n) is 7.09. The lowest BCUT2D eigenvalue weighted by molar-refractivity contribution is 0.0988. The van der Waals surface area contributed by atoms with Crippen LogP contribution in [0.15, 0.2) is 24.3 Å². The summed E-state index contributed by atoms with van der Waals surface area (Å²) in [6, 6.07) is 9.42. The summed E-state index contributed by atoms with van der Waals surface area (Å²) in [5, 5.41) is 0. The minimum absolute atomic E-state index is 0.225. The van der Waals surface area contributed by atoms with Crippen molar-refractivity contribution in [1.82, 2.24) is 0 Å². The van der Waals surface area contributed by atoms with Gasteiger partial charge < -0.3 is 4.90 Å². The maximum atomic E-state index is 11.6. The summed E-state index contributed by atoms with van der Waals surface area (Å²) in [5.41, 5.74) is 2.10. The molecule has 0 radical (unpaired) electrons. The third-order valence-corrected chi connectivity index (χ3v) is 4.07. The third-order valence-electron chi connectivity index (χ3n) is 4.07. The van der Waals surface area contributed by atoms with Crippen molar-refractivity contribution in [3.8, 4) is 0 Å².